The van der Waals surface area contributed by atoms with E-state index in [4.69, 9.17) is 10.2 Å². The molecule has 0 bridgehead atoms. The Hall–Kier alpha value is 0.200. The van der Waals surface area contributed by atoms with Crippen molar-refractivity contribution in [1.82, 2.24) is 0 Å². The zero-order valence-electron chi connectivity index (χ0n) is 14.7. The maximum atomic E-state index is 11.4. The van der Waals surface area contributed by atoms with E-state index in [2.05, 4.69) is 4.74 Å². The molecule has 0 saturated heterocycles. The molecule has 0 rings (SSSR count). The first-order valence-corrected chi connectivity index (χ1v) is 6.92. The largest absolute Gasteiger partial charge is 2.00 e. The van der Waals surface area contributed by atoms with Crippen molar-refractivity contribution in [2.45, 2.75) is 63.4 Å². The van der Waals surface area contributed by atoms with Crippen LogP contribution in [0.4, 0.5) is 0 Å². The van der Waals surface area contributed by atoms with E-state index >= 15 is 0 Å². The van der Waals surface area contributed by atoms with Gasteiger partial charge in [0.2, 0.25) is 0 Å². The normalized spacial score (nSPS) is 16.1. The molecule has 0 aromatic rings. The van der Waals surface area contributed by atoms with E-state index in [0.717, 1.165) is 19.3 Å². The third kappa shape index (κ3) is 9.36. The fourth-order valence-corrected chi connectivity index (χ4v) is 1.58. The van der Waals surface area contributed by atoms with E-state index in [1.807, 2.05) is 6.92 Å². The fourth-order valence-electron chi connectivity index (χ4n) is 1.58. The van der Waals surface area contributed by atoms with Gasteiger partial charge in [0.15, 0.2) is 6.10 Å². The molecule has 0 aliphatic rings. The van der Waals surface area contributed by atoms with Crippen molar-refractivity contribution >= 4 is 49.7 Å². The number of aliphatic hydroxyl groups is 5. The number of ether oxygens (including phenoxy) is 1. The van der Waals surface area contributed by atoms with Crippen molar-refractivity contribution in [2.75, 3.05) is 6.61 Å². The summed E-state index contributed by atoms with van der Waals surface area (Å²) in [6.45, 7) is 1.14. The van der Waals surface area contributed by atoms with E-state index < -0.39 is 43.0 Å². The molecule has 9 heteroatoms. The molecular weight excluding hydrogens is 324 g/mol. The molecule has 5 N–H and O–H groups in total. The first kappa shape index (κ1) is 24.5. The Morgan fingerprint density at radius 1 is 1.05 bits per heavy atom. The molecule has 0 fully saturated rings. The molecule has 0 aliphatic carbocycles. The molecule has 0 aromatic carbocycles. The monoisotopic (exact) mass is 350 g/mol. The van der Waals surface area contributed by atoms with Crippen LogP contribution in [-0.4, -0.2) is 106 Å². The summed E-state index contributed by atoms with van der Waals surface area (Å²) in [5.74, 6) is -2.24. The van der Waals surface area contributed by atoms with Crippen molar-refractivity contribution in [1.29, 1.82) is 0 Å². The minimum atomic E-state index is -2.19. The molecule has 0 heterocycles. The number of hydrogen-bond donors (Lipinski definition) is 5. The molecular formula is C13H26CaO8. The quantitative estimate of drug-likeness (QED) is 0.136. The topological polar surface area (TPSA) is 145 Å². The molecule has 0 aliphatic heterocycles. The van der Waals surface area contributed by atoms with Gasteiger partial charge in [-0.3, -0.25) is 4.79 Å². The standard InChI is InChI=1S/C13H24O8.Ca.2H/c1-2-3-4-5-6-9(16)21-13(20)12(19)11(18)10(17)8(15)7-14;;;/h8,10-12,14-15,17-19H,2-7H2,1H3;;;/q;+2;2*-1/t8-,10-,11+,12-;;;/m1.../s1. The molecule has 8 nitrogen and oxygen atoms in total. The maximum Gasteiger partial charge on any atom is 2.00 e. The van der Waals surface area contributed by atoms with E-state index in [1.165, 1.54) is 0 Å². The van der Waals surface area contributed by atoms with Gasteiger partial charge in [-0.05, 0) is 6.42 Å². The number of hydrogen-bond acceptors (Lipinski definition) is 8. The molecule has 0 spiro atoms. The predicted octanol–water partition coefficient (Wildman–Crippen LogP) is -1.69. The Labute approximate surface area is 162 Å². The summed E-state index contributed by atoms with van der Waals surface area (Å²) in [5.41, 5.74) is 0. The van der Waals surface area contributed by atoms with Crippen LogP contribution >= 0.6 is 0 Å². The van der Waals surface area contributed by atoms with Crippen molar-refractivity contribution < 1.29 is 42.7 Å². The number of carbonyl (C=O) groups is 2. The zero-order valence-corrected chi connectivity index (χ0v) is 14.9. The number of rotatable bonds is 10. The van der Waals surface area contributed by atoms with Crippen molar-refractivity contribution in [2.24, 2.45) is 0 Å². The SMILES string of the molecule is CCCCCCC(=O)OC(=O)[C@H](O)[C@@H](O)[C@H](O)[C@H](O)CO.[Ca+2].[H-].[H-]. The van der Waals surface area contributed by atoms with Crippen LogP contribution in [0.5, 0.6) is 0 Å². The predicted molar refractivity (Wildman–Crippen MR) is 78.9 cm³/mol. The van der Waals surface area contributed by atoms with E-state index in [0.29, 0.717) is 6.42 Å². The van der Waals surface area contributed by atoms with Crippen LogP contribution in [0.2, 0.25) is 0 Å². The second-order valence-corrected chi connectivity index (χ2v) is 4.78. The van der Waals surface area contributed by atoms with Crippen molar-refractivity contribution in [3.63, 3.8) is 0 Å². The van der Waals surface area contributed by atoms with Crippen LogP contribution in [0.1, 0.15) is 41.9 Å². The smallest absolute Gasteiger partial charge is 1.00 e. The van der Waals surface area contributed by atoms with Crippen LogP contribution < -0.4 is 0 Å². The summed E-state index contributed by atoms with van der Waals surface area (Å²) in [4.78, 5) is 22.7. The summed E-state index contributed by atoms with van der Waals surface area (Å²) in [6.07, 6.45) is -4.64. The Morgan fingerprint density at radius 2 is 1.64 bits per heavy atom. The van der Waals surface area contributed by atoms with Gasteiger partial charge in [-0.15, -0.1) is 0 Å². The van der Waals surface area contributed by atoms with Crippen LogP contribution in [-0.2, 0) is 14.3 Å². The molecule has 0 aromatic heterocycles. The summed E-state index contributed by atoms with van der Waals surface area (Å²) in [7, 11) is 0. The van der Waals surface area contributed by atoms with E-state index in [1.54, 1.807) is 0 Å². The Kier molecular flexibility index (Phi) is 15.1. The molecule has 128 valence electrons. The van der Waals surface area contributed by atoms with E-state index in [9.17, 15) is 24.9 Å². The molecule has 0 unspecified atom stereocenters. The first-order valence-electron chi connectivity index (χ1n) is 6.92. The zero-order chi connectivity index (χ0) is 16.4. The molecule has 4 atom stereocenters. The minimum absolute atomic E-state index is 0. The first-order chi connectivity index (χ1) is 9.84. The van der Waals surface area contributed by atoms with Gasteiger partial charge in [0.25, 0.3) is 0 Å². The molecule has 0 radical (unpaired) electrons. The van der Waals surface area contributed by atoms with Gasteiger partial charge in [-0.2, -0.15) is 0 Å². The summed E-state index contributed by atoms with van der Waals surface area (Å²) in [6, 6.07) is 0. The minimum Gasteiger partial charge on any atom is -1.00 e. The average molecular weight is 350 g/mol. The Bertz CT molecular complexity index is 335. The molecule has 0 saturated carbocycles. The number of carbonyl (C=O) groups excluding carboxylic acids is 2. The van der Waals surface area contributed by atoms with Gasteiger partial charge in [0.1, 0.15) is 18.3 Å². The second kappa shape index (κ2) is 13.6. The third-order valence-electron chi connectivity index (χ3n) is 2.95. The second-order valence-electron chi connectivity index (χ2n) is 4.78. The van der Waals surface area contributed by atoms with Gasteiger partial charge >= 0.3 is 49.7 Å². The molecule has 0 amide bonds. The van der Waals surface area contributed by atoms with Crippen LogP contribution in [0, 0.1) is 0 Å². The summed E-state index contributed by atoms with van der Waals surface area (Å²) >= 11 is 0. The van der Waals surface area contributed by atoms with Gasteiger partial charge in [-0.1, -0.05) is 26.2 Å². The van der Waals surface area contributed by atoms with E-state index in [-0.39, 0.29) is 47.0 Å². The third-order valence-corrected chi connectivity index (χ3v) is 2.95. The van der Waals surface area contributed by atoms with Crippen LogP contribution in [0.15, 0.2) is 0 Å². The average Bonchev–Trinajstić information content (AvgIpc) is 2.48. The van der Waals surface area contributed by atoms with Gasteiger partial charge in [0, 0.05) is 6.42 Å². The van der Waals surface area contributed by atoms with Gasteiger partial charge < -0.3 is 33.1 Å². The van der Waals surface area contributed by atoms with Gasteiger partial charge in [0.05, 0.1) is 6.61 Å². The van der Waals surface area contributed by atoms with Crippen molar-refractivity contribution in [3.05, 3.63) is 0 Å². The summed E-state index contributed by atoms with van der Waals surface area (Å²) in [5, 5.41) is 45.9. The van der Waals surface area contributed by atoms with Gasteiger partial charge in [-0.25, -0.2) is 4.79 Å². The Morgan fingerprint density at radius 3 is 2.14 bits per heavy atom. The number of unbranched alkanes of at least 4 members (excludes halogenated alkanes) is 3. The number of esters is 2. The van der Waals surface area contributed by atoms with Crippen LogP contribution in [0.25, 0.3) is 0 Å². The Balaban J connectivity index is -0.000000667. The van der Waals surface area contributed by atoms with Crippen LogP contribution in [0.3, 0.4) is 0 Å². The number of aliphatic hydroxyl groups excluding tert-OH is 5. The fraction of sp³-hybridized carbons (Fsp3) is 0.846. The molecule has 22 heavy (non-hydrogen) atoms. The summed E-state index contributed by atoms with van der Waals surface area (Å²) < 4.78 is 4.33. The van der Waals surface area contributed by atoms with Crippen molar-refractivity contribution in [3.8, 4) is 0 Å². The maximum absolute atomic E-state index is 11.4.